The molecule has 0 radical (unpaired) electrons. The molecule has 1 aromatic heterocycles. The molecule has 0 unspecified atom stereocenters. The van der Waals surface area contributed by atoms with Crippen LogP contribution in [0.15, 0.2) is 23.0 Å². The van der Waals surface area contributed by atoms with Crippen LogP contribution in [0.5, 0.6) is 0 Å². The molecule has 1 aromatic carbocycles. The average molecular weight is 459 g/mol. The summed E-state index contributed by atoms with van der Waals surface area (Å²) in [5.74, 6) is -3.79. The number of carbonyl (C=O) groups is 2. The van der Waals surface area contributed by atoms with Crippen LogP contribution < -0.4 is 16.6 Å². The molecule has 0 aliphatic carbocycles. The molecule has 0 bridgehead atoms. The van der Waals surface area contributed by atoms with Crippen molar-refractivity contribution in [2.24, 2.45) is 0 Å². The number of benzene rings is 1. The van der Waals surface area contributed by atoms with Crippen LogP contribution in [-0.2, 0) is 18.5 Å². The summed E-state index contributed by atoms with van der Waals surface area (Å²) >= 11 is 0. The van der Waals surface area contributed by atoms with E-state index in [0.717, 1.165) is 0 Å². The van der Waals surface area contributed by atoms with E-state index in [0.29, 0.717) is 0 Å². The molecule has 166 valence electrons. The van der Waals surface area contributed by atoms with Gasteiger partial charge in [-0.2, -0.15) is 39.5 Å². The Morgan fingerprint density at radius 2 is 1.23 bits per heavy atom. The van der Waals surface area contributed by atoms with Gasteiger partial charge in [-0.05, 0) is 12.1 Å². The van der Waals surface area contributed by atoms with Gasteiger partial charge < -0.3 is 5.73 Å². The molecular weight excluding hydrogens is 453 g/mol. The first-order chi connectivity index (χ1) is 13.9. The number of nitrogens with one attached hydrogen (secondary N) is 1. The normalized spacial score (nSPS) is 14.6. The molecule has 2 amide bonds. The highest BCUT2D eigenvalue weighted by Crippen LogP contribution is 2.45. The van der Waals surface area contributed by atoms with Crippen LogP contribution in [0.2, 0.25) is 0 Å². The largest absolute Gasteiger partial charge is 0.418 e. The van der Waals surface area contributed by atoms with E-state index in [4.69, 9.17) is 5.73 Å². The SMILES string of the molecule is Nc1c2c(cc(=O)n1-c1c(C(F)(F)F)cc(C(F)(F)F)cc1C(F)(F)F)C(=O)NC2=O. The van der Waals surface area contributed by atoms with Gasteiger partial charge in [0.15, 0.2) is 0 Å². The van der Waals surface area contributed by atoms with Crippen molar-refractivity contribution in [2.75, 3.05) is 5.73 Å². The molecule has 3 rings (SSSR count). The second-order valence-corrected chi connectivity index (χ2v) is 6.19. The number of nitrogen functional groups attached to an aromatic ring is 1. The van der Waals surface area contributed by atoms with Crippen LogP contribution in [0.3, 0.4) is 0 Å². The molecule has 0 saturated heterocycles. The number of nitrogens with zero attached hydrogens (tertiary/aromatic N) is 1. The number of halogens is 9. The number of amides is 2. The summed E-state index contributed by atoms with van der Waals surface area (Å²) in [6.07, 6.45) is -17.2. The smallest absolute Gasteiger partial charge is 0.384 e. The molecule has 31 heavy (non-hydrogen) atoms. The number of aromatic nitrogens is 1. The number of imide groups is 1. The summed E-state index contributed by atoms with van der Waals surface area (Å²) in [6.45, 7) is 0. The van der Waals surface area contributed by atoms with Gasteiger partial charge in [-0.1, -0.05) is 0 Å². The Balaban J connectivity index is 2.56. The molecule has 3 N–H and O–H groups in total. The van der Waals surface area contributed by atoms with Gasteiger partial charge in [0.05, 0.1) is 33.5 Å². The Kier molecular flexibility index (Phi) is 4.64. The summed E-state index contributed by atoms with van der Waals surface area (Å²) < 4.78 is 120. The zero-order valence-electron chi connectivity index (χ0n) is 14.4. The molecule has 0 saturated carbocycles. The van der Waals surface area contributed by atoms with Gasteiger partial charge in [-0.25, -0.2) is 0 Å². The monoisotopic (exact) mass is 459 g/mol. The Labute approximate surface area is 164 Å². The molecule has 0 spiro atoms. The van der Waals surface area contributed by atoms with Crippen LogP contribution >= 0.6 is 0 Å². The summed E-state index contributed by atoms with van der Waals surface area (Å²) in [5.41, 5.74) is -7.16. The minimum Gasteiger partial charge on any atom is -0.384 e. The predicted molar refractivity (Wildman–Crippen MR) is 83.3 cm³/mol. The van der Waals surface area contributed by atoms with Crippen molar-refractivity contribution < 1.29 is 49.1 Å². The van der Waals surface area contributed by atoms with E-state index >= 15 is 0 Å². The Hall–Kier alpha value is -3.52. The van der Waals surface area contributed by atoms with Gasteiger partial charge >= 0.3 is 18.5 Å². The minimum absolute atomic E-state index is 0.254. The Morgan fingerprint density at radius 3 is 1.65 bits per heavy atom. The van der Waals surface area contributed by atoms with E-state index < -0.39 is 91.9 Å². The number of pyridine rings is 1. The highest BCUT2D eigenvalue weighted by atomic mass is 19.4. The van der Waals surface area contributed by atoms with E-state index in [2.05, 4.69) is 0 Å². The lowest BCUT2D eigenvalue weighted by Crippen LogP contribution is -2.29. The number of anilines is 1. The zero-order chi connectivity index (χ0) is 23.7. The molecule has 1 aliphatic rings. The topological polar surface area (TPSA) is 94.2 Å². The quantitative estimate of drug-likeness (QED) is 0.505. The number of alkyl halides is 9. The van der Waals surface area contributed by atoms with Crippen molar-refractivity contribution in [1.29, 1.82) is 0 Å². The minimum atomic E-state index is -5.81. The number of fused-ring (bicyclic) bond motifs is 1. The molecule has 15 heteroatoms. The van der Waals surface area contributed by atoms with Crippen LogP contribution in [0.1, 0.15) is 37.4 Å². The van der Waals surface area contributed by atoms with Crippen molar-refractivity contribution in [3.63, 3.8) is 0 Å². The first kappa shape index (κ1) is 22.2. The lowest BCUT2D eigenvalue weighted by molar-refractivity contribution is -0.148. The fourth-order valence-electron chi connectivity index (χ4n) is 2.98. The third-order valence-electron chi connectivity index (χ3n) is 4.22. The van der Waals surface area contributed by atoms with Crippen LogP contribution in [0, 0.1) is 0 Å². The summed E-state index contributed by atoms with van der Waals surface area (Å²) in [6, 6.07) is -0.978. The van der Waals surface area contributed by atoms with Gasteiger partial charge in [-0.15, -0.1) is 0 Å². The molecule has 1 aliphatic heterocycles. The standard InChI is InChI=1S/C16H6F9N3O3/c17-14(18,19)4-1-6(15(20,21)22)10(7(2-4)16(23,24)25)28-8(29)3-5-9(11(28)26)13(31)27-12(5)30/h1-3H,26H2,(H,27,30,31). The zero-order valence-corrected chi connectivity index (χ0v) is 14.4. The van der Waals surface area contributed by atoms with Crippen molar-refractivity contribution in [3.8, 4) is 5.69 Å². The van der Waals surface area contributed by atoms with E-state index in [1.807, 2.05) is 0 Å². The summed E-state index contributed by atoms with van der Waals surface area (Å²) in [5, 5.41) is 1.64. The highest BCUT2D eigenvalue weighted by Gasteiger charge is 2.46. The van der Waals surface area contributed by atoms with Crippen molar-refractivity contribution >= 4 is 17.6 Å². The van der Waals surface area contributed by atoms with Crippen LogP contribution in [0.25, 0.3) is 5.69 Å². The fourth-order valence-corrected chi connectivity index (χ4v) is 2.98. The second-order valence-electron chi connectivity index (χ2n) is 6.19. The van der Waals surface area contributed by atoms with Crippen LogP contribution in [0.4, 0.5) is 45.3 Å². The Bertz CT molecular complexity index is 1160. The molecule has 2 heterocycles. The maximum absolute atomic E-state index is 13.5. The average Bonchev–Trinajstić information content (AvgIpc) is 2.85. The van der Waals surface area contributed by atoms with E-state index in [9.17, 15) is 53.9 Å². The van der Waals surface area contributed by atoms with E-state index in [1.54, 1.807) is 5.32 Å². The van der Waals surface area contributed by atoms with Crippen molar-refractivity contribution in [2.45, 2.75) is 18.5 Å². The van der Waals surface area contributed by atoms with E-state index in [-0.39, 0.29) is 6.07 Å². The number of nitrogens with two attached hydrogens (primary N) is 1. The molecular formula is C16H6F9N3O3. The molecule has 6 nitrogen and oxygen atoms in total. The number of carbonyl (C=O) groups excluding carboxylic acids is 2. The van der Waals surface area contributed by atoms with Gasteiger partial charge in [0, 0.05) is 6.07 Å². The number of hydrogen-bond donors (Lipinski definition) is 2. The second kappa shape index (κ2) is 6.49. The third-order valence-corrected chi connectivity index (χ3v) is 4.22. The lowest BCUT2D eigenvalue weighted by atomic mass is 9.99. The van der Waals surface area contributed by atoms with Crippen molar-refractivity contribution in [3.05, 3.63) is 56.4 Å². The maximum atomic E-state index is 13.5. The first-order valence-electron chi connectivity index (χ1n) is 7.75. The maximum Gasteiger partial charge on any atom is 0.418 e. The fraction of sp³-hybridized carbons (Fsp3) is 0.188. The van der Waals surface area contributed by atoms with Crippen molar-refractivity contribution in [1.82, 2.24) is 9.88 Å². The van der Waals surface area contributed by atoms with Crippen LogP contribution in [-0.4, -0.2) is 16.4 Å². The first-order valence-corrected chi connectivity index (χ1v) is 7.75. The Morgan fingerprint density at radius 1 is 0.742 bits per heavy atom. The number of rotatable bonds is 1. The van der Waals surface area contributed by atoms with E-state index in [1.165, 1.54) is 0 Å². The lowest BCUT2D eigenvalue weighted by Gasteiger charge is -2.23. The summed E-state index contributed by atoms with van der Waals surface area (Å²) in [4.78, 5) is 35.8. The van der Waals surface area contributed by atoms with Gasteiger partial charge in [0.1, 0.15) is 5.82 Å². The van der Waals surface area contributed by atoms with Gasteiger partial charge in [0.25, 0.3) is 17.4 Å². The molecule has 0 fully saturated rings. The predicted octanol–water partition coefficient (Wildman–Crippen LogP) is 3.36. The van der Waals surface area contributed by atoms with Gasteiger partial charge in [0.2, 0.25) is 0 Å². The molecule has 0 atom stereocenters. The summed E-state index contributed by atoms with van der Waals surface area (Å²) in [7, 11) is 0. The molecule has 2 aromatic rings. The highest BCUT2D eigenvalue weighted by molar-refractivity contribution is 6.23. The van der Waals surface area contributed by atoms with Gasteiger partial charge in [-0.3, -0.25) is 24.3 Å². The number of hydrogen-bond acceptors (Lipinski definition) is 4. The third kappa shape index (κ3) is 3.59.